The third kappa shape index (κ3) is 3.35. The van der Waals surface area contributed by atoms with Gasteiger partial charge < -0.3 is 14.7 Å². The largest absolute Gasteiger partial charge is 0.361 e. The van der Waals surface area contributed by atoms with E-state index in [4.69, 9.17) is 4.52 Å². The average molecular weight is 344 g/mol. The van der Waals surface area contributed by atoms with Gasteiger partial charge in [-0.25, -0.2) is 0 Å². The van der Waals surface area contributed by atoms with Crippen molar-refractivity contribution in [3.05, 3.63) is 51.4 Å². The van der Waals surface area contributed by atoms with Crippen LogP contribution in [0.5, 0.6) is 0 Å². The first-order valence-electron chi connectivity index (χ1n) is 7.63. The fourth-order valence-electron chi connectivity index (χ4n) is 2.53. The fraction of sp³-hybridized carbons (Fsp3) is 0.312. The third-order valence-corrected chi connectivity index (χ3v) is 4.08. The lowest BCUT2D eigenvalue weighted by molar-refractivity contribution is -0.384. The number of nitro benzene ring substituents is 1. The maximum atomic E-state index is 12.3. The number of likely N-dealkylation sites (tertiary alicyclic amines) is 1. The number of aryl methyl sites for hydroxylation is 2. The number of non-ortho nitro benzene ring substituents is 1. The van der Waals surface area contributed by atoms with E-state index in [2.05, 4.69) is 10.5 Å². The van der Waals surface area contributed by atoms with Crippen molar-refractivity contribution in [1.82, 2.24) is 10.1 Å². The van der Waals surface area contributed by atoms with Crippen LogP contribution in [0, 0.1) is 29.9 Å². The Balaban J connectivity index is 1.60. The molecule has 0 aliphatic carbocycles. The second-order valence-electron chi connectivity index (χ2n) is 5.98. The number of carbonyl (C=O) groups is 2. The number of aromatic nitrogens is 1. The van der Waals surface area contributed by atoms with Gasteiger partial charge in [0.15, 0.2) is 5.69 Å². The Morgan fingerprint density at radius 1 is 1.32 bits per heavy atom. The van der Waals surface area contributed by atoms with Crippen LogP contribution in [-0.4, -0.2) is 39.9 Å². The van der Waals surface area contributed by atoms with Crippen LogP contribution in [-0.2, 0) is 4.79 Å². The molecule has 1 saturated heterocycles. The molecule has 2 amide bonds. The van der Waals surface area contributed by atoms with Crippen molar-refractivity contribution in [2.24, 2.45) is 5.92 Å². The summed E-state index contributed by atoms with van der Waals surface area (Å²) in [6.45, 7) is 3.98. The molecular weight excluding hydrogens is 328 g/mol. The Bertz CT molecular complexity index is 854. The summed E-state index contributed by atoms with van der Waals surface area (Å²) in [5, 5.41) is 17.2. The molecule has 1 aromatic carbocycles. The summed E-state index contributed by atoms with van der Waals surface area (Å²) in [6, 6.07) is 5.83. The molecule has 2 heterocycles. The predicted molar refractivity (Wildman–Crippen MR) is 87.1 cm³/mol. The molecule has 1 aromatic heterocycles. The monoisotopic (exact) mass is 344 g/mol. The van der Waals surface area contributed by atoms with Crippen molar-refractivity contribution in [3.8, 4) is 0 Å². The summed E-state index contributed by atoms with van der Waals surface area (Å²) in [4.78, 5) is 36.2. The molecule has 3 rings (SSSR count). The Labute approximate surface area is 142 Å². The summed E-state index contributed by atoms with van der Waals surface area (Å²) in [5.74, 6) is -0.383. The SMILES string of the molecule is Cc1cc(C(=O)N2CC(C(=O)Nc3cc([N+](=O)[O-])ccc3C)C2)no1. The Hall–Kier alpha value is -3.23. The molecule has 2 aromatic rings. The van der Waals surface area contributed by atoms with Crippen LogP contribution in [0.3, 0.4) is 0 Å². The van der Waals surface area contributed by atoms with Crippen LogP contribution in [0.1, 0.15) is 21.8 Å². The number of carbonyl (C=O) groups excluding carboxylic acids is 2. The Kier molecular flexibility index (Phi) is 4.22. The van der Waals surface area contributed by atoms with Crippen LogP contribution in [0.25, 0.3) is 0 Å². The molecule has 1 fully saturated rings. The van der Waals surface area contributed by atoms with Crippen LogP contribution < -0.4 is 5.32 Å². The molecule has 0 radical (unpaired) electrons. The Morgan fingerprint density at radius 3 is 2.64 bits per heavy atom. The van der Waals surface area contributed by atoms with E-state index in [0.717, 1.165) is 5.56 Å². The molecule has 0 atom stereocenters. The van der Waals surface area contributed by atoms with E-state index < -0.39 is 4.92 Å². The Morgan fingerprint density at radius 2 is 2.04 bits per heavy atom. The number of hydrogen-bond acceptors (Lipinski definition) is 6. The summed E-state index contributed by atoms with van der Waals surface area (Å²) in [5.41, 5.74) is 1.25. The van der Waals surface area contributed by atoms with Crippen molar-refractivity contribution in [2.45, 2.75) is 13.8 Å². The van der Waals surface area contributed by atoms with Crippen LogP contribution in [0.15, 0.2) is 28.8 Å². The van der Waals surface area contributed by atoms with Crippen LogP contribution >= 0.6 is 0 Å². The topological polar surface area (TPSA) is 119 Å². The molecule has 0 spiro atoms. The molecular formula is C16H16N4O5. The van der Waals surface area contributed by atoms with Crippen molar-refractivity contribution in [3.63, 3.8) is 0 Å². The second kappa shape index (κ2) is 6.34. The number of anilines is 1. The molecule has 0 bridgehead atoms. The van der Waals surface area contributed by atoms with Crippen molar-refractivity contribution >= 4 is 23.2 Å². The fourth-order valence-corrected chi connectivity index (χ4v) is 2.53. The van der Waals surface area contributed by atoms with E-state index in [1.807, 2.05) is 0 Å². The standard InChI is InChI=1S/C16H16N4O5/c1-9-3-4-12(20(23)24)6-13(9)17-15(21)11-7-19(8-11)16(22)14-5-10(2)25-18-14/h3-6,11H,7-8H2,1-2H3,(H,17,21). The van der Waals surface area contributed by atoms with Gasteiger partial charge in [-0.3, -0.25) is 19.7 Å². The van der Waals surface area contributed by atoms with Crippen LogP contribution in [0.2, 0.25) is 0 Å². The first kappa shape index (κ1) is 16.6. The van der Waals surface area contributed by atoms with Gasteiger partial charge in [-0.1, -0.05) is 11.2 Å². The molecule has 130 valence electrons. The van der Waals surface area contributed by atoms with Gasteiger partial charge in [0.25, 0.3) is 11.6 Å². The van der Waals surface area contributed by atoms with Crippen molar-refractivity contribution in [2.75, 3.05) is 18.4 Å². The summed E-state index contributed by atoms with van der Waals surface area (Å²) in [7, 11) is 0. The van der Waals surface area contributed by atoms with E-state index in [1.165, 1.54) is 17.0 Å². The number of hydrogen-bond donors (Lipinski definition) is 1. The van der Waals surface area contributed by atoms with Gasteiger partial charge in [0.2, 0.25) is 5.91 Å². The van der Waals surface area contributed by atoms with Gasteiger partial charge in [0.05, 0.1) is 16.5 Å². The average Bonchev–Trinajstić information content (AvgIpc) is 2.94. The molecule has 0 unspecified atom stereocenters. The van der Waals surface area contributed by atoms with Crippen molar-refractivity contribution in [1.29, 1.82) is 0 Å². The summed E-state index contributed by atoms with van der Waals surface area (Å²) in [6.07, 6.45) is 0. The number of nitrogens with zero attached hydrogens (tertiary/aromatic N) is 3. The smallest absolute Gasteiger partial charge is 0.276 e. The summed E-state index contributed by atoms with van der Waals surface area (Å²) >= 11 is 0. The number of nitrogens with one attached hydrogen (secondary N) is 1. The van der Waals surface area contributed by atoms with Crippen molar-refractivity contribution < 1.29 is 19.0 Å². The number of amides is 2. The predicted octanol–water partition coefficient (Wildman–Crippen LogP) is 1.91. The highest BCUT2D eigenvalue weighted by Gasteiger charge is 2.37. The first-order valence-corrected chi connectivity index (χ1v) is 7.63. The van der Waals surface area contributed by atoms with E-state index >= 15 is 0 Å². The maximum Gasteiger partial charge on any atom is 0.276 e. The van der Waals surface area contributed by atoms with E-state index in [0.29, 0.717) is 11.4 Å². The molecule has 9 heteroatoms. The highest BCUT2D eigenvalue weighted by atomic mass is 16.6. The molecule has 1 N–H and O–H groups in total. The zero-order valence-electron chi connectivity index (χ0n) is 13.7. The number of benzene rings is 1. The summed E-state index contributed by atoms with van der Waals surface area (Å²) < 4.78 is 4.87. The minimum Gasteiger partial charge on any atom is -0.361 e. The van der Waals surface area contributed by atoms with Gasteiger partial charge in [-0.15, -0.1) is 0 Å². The maximum absolute atomic E-state index is 12.3. The number of rotatable bonds is 4. The van der Waals surface area contributed by atoms with Crippen LogP contribution in [0.4, 0.5) is 11.4 Å². The highest BCUT2D eigenvalue weighted by Crippen LogP contribution is 2.25. The first-order chi connectivity index (χ1) is 11.8. The zero-order chi connectivity index (χ0) is 18.1. The van der Waals surface area contributed by atoms with Gasteiger partial charge in [-0.2, -0.15) is 0 Å². The molecule has 9 nitrogen and oxygen atoms in total. The van der Waals surface area contributed by atoms with E-state index in [9.17, 15) is 19.7 Å². The van der Waals surface area contributed by atoms with E-state index in [1.54, 1.807) is 26.0 Å². The normalized spacial score (nSPS) is 14.1. The van der Waals surface area contributed by atoms with Gasteiger partial charge in [0.1, 0.15) is 5.76 Å². The molecule has 0 saturated carbocycles. The van der Waals surface area contributed by atoms with Gasteiger partial charge in [0, 0.05) is 31.3 Å². The lowest BCUT2D eigenvalue weighted by atomic mass is 9.98. The van der Waals surface area contributed by atoms with E-state index in [-0.39, 0.29) is 42.2 Å². The number of nitro groups is 1. The quantitative estimate of drug-likeness (QED) is 0.668. The zero-order valence-corrected chi connectivity index (χ0v) is 13.7. The highest BCUT2D eigenvalue weighted by molar-refractivity contribution is 5.98. The third-order valence-electron chi connectivity index (χ3n) is 4.08. The second-order valence-corrected chi connectivity index (χ2v) is 5.98. The molecule has 1 aliphatic rings. The van der Waals surface area contributed by atoms with Gasteiger partial charge >= 0.3 is 0 Å². The minimum atomic E-state index is -0.515. The lowest BCUT2D eigenvalue weighted by Crippen LogP contribution is -2.54. The molecule has 1 aliphatic heterocycles. The minimum absolute atomic E-state index is 0.0901. The van der Waals surface area contributed by atoms with Gasteiger partial charge in [-0.05, 0) is 19.4 Å². The molecule has 25 heavy (non-hydrogen) atoms. The lowest BCUT2D eigenvalue weighted by Gasteiger charge is -2.37.